The summed E-state index contributed by atoms with van der Waals surface area (Å²) in [5.74, 6) is 0. The molecule has 1 aliphatic rings. The minimum Gasteiger partial charge on any atom is -0.0809 e. The summed E-state index contributed by atoms with van der Waals surface area (Å²) in [5, 5.41) is 1.68. The van der Waals surface area contributed by atoms with Crippen LogP contribution in [-0.2, 0) is 0 Å². The molecule has 2 heteroatoms. The van der Waals surface area contributed by atoms with Crippen molar-refractivity contribution in [2.75, 3.05) is 0 Å². The van der Waals surface area contributed by atoms with Crippen LogP contribution in [0.4, 0.5) is 0 Å². The first kappa shape index (κ1) is 10.7. The molecule has 0 spiro atoms. The van der Waals surface area contributed by atoms with Gasteiger partial charge in [-0.2, -0.15) is 0 Å². The van der Waals surface area contributed by atoms with Gasteiger partial charge >= 0.3 is 29.6 Å². The van der Waals surface area contributed by atoms with Gasteiger partial charge in [0.25, 0.3) is 0 Å². The second kappa shape index (κ2) is 3.91. The van der Waals surface area contributed by atoms with Gasteiger partial charge in [-0.25, -0.2) is 0 Å². The maximum atomic E-state index is 2.39. The largest absolute Gasteiger partial charge is 1.00 e. The molecule has 0 atom stereocenters. The summed E-state index contributed by atoms with van der Waals surface area (Å²) in [4.78, 5) is 0. The second-order valence-corrected chi connectivity index (χ2v) is 8.72. The molecule has 0 saturated heterocycles. The SMILES string of the molecule is C[Si](C)(C)C1=CC=CC1.[Na+]. The maximum absolute atomic E-state index is 2.39. The van der Waals surface area contributed by atoms with Gasteiger partial charge in [0.15, 0.2) is 0 Å². The normalized spacial score (nSPS) is 16.5. The molecule has 0 nitrogen and oxygen atoms in total. The van der Waals surface area contributed by atoms with Gasteiger partial charge < -0.3 is 0 Å². The van der Waals surface area contributed by atoms with Crippen molar-refractivity contribution in [2.24, 2.45) is 0 Å². The van der Waals surface area contributed by atoms with Crippen LogP contribution in [0.15, 0.2) is 23.4 Å². The third-order valence-electron chi connectivity index (χ3n) is 1.73. The zero-order valence-electron chi connectivity index (χ0n) is 7.44. The Morgan fingerprint density at radius 3 is 2.10 bits per heavy atom. The fraction of sp³-hybridized carbons (Fsp3) is 0.500. The number of rotatable bonds is 1. The summed E-state index contributed by atoms with van der Waals surface area (Å²) in [6, 6.07) is 0. The molecule has 0 unspecified atom stereocenters. The van der Waals surface area contributed by atoms with Gasteiger partial charge in [-0.1, -0.05) is 43.1 Å². The summed E-state index contributed by atoms with van der Waals surface area (Å²) in [6.45, 7) is 7.18. The van der Waals surface area contributed by atoms with Crippen LogP contribution in [0.3, 0.4) is 0 Å². The Hall–Kier alpha value is 0.697. The van der Waals surface area contributed by atoms with E-state index in [4.69, 9.17) is 0 Å². The van der Waals surface area contributed by atoms with Crippen molar-refractivity contribution in [3.8, 4) is 0 Å². The molecule has 1 aliphatic carbocycles. The molecule has 50 valence electrons. The second-order valence-electron chi connectivity index (χ2n) is 3.57. The predicted molar refractivity (Wildman–Crippen MR) is 45.2 cm³/mol. The van der Waals surface area contributed by atoms with E-state index in [0.717, 1.165) is 0 Å². The quantitative estimate of drug-likeness (QED) is 0.465. The molecular weight excluding hydrogens is 147 g/mol. The van der Waals surface area contributed by atoms with Crippen LogP contribution in [-0.4, -0.2) is 8.07 Å². The predicted octanol–water partition coefficient (Wildman–Crippen LogP) is -0.246. The Morgan fingerprint density at radius 1 is 1.30 bits per heavy atom. The molecule has 0 aliphatic heterocycles. The summed E-state index contributed by atoms with van der Waals surface area (Å²) in [7, 11) is -0.926. The van der Waals surface area contributed by atoms with Gasteiger partial charge in [0.2, 0.25) is 0 Å². The zero-order chi connectivity index (χ0) is 6.91. The van der Waals surface area contributed by atoms with Crippen LogP contribution >= 0.6 is 0 Å². The Morgan fingerprint density at radius 2 is 1.90 bits per heavy atom. The van der Waals surface area contributed by atoms with Crippen LogP contribution in [0.1, 0.15) is 6.42 Å². The van der Waals surface area contributed by atoms with E-state index < -0.39 is 8.07 Å². The van der Waals surface area contributed by atoms with Crippen molar-refractivity contribution >= 4 is 8.07 Å². The number of allylic oxidation sites excluding steroid dienone is 4. The molecular formula is C8H14NaSi+. The van der Waals surface area contributed by atoms with Crippen molar-refractivity contribution < 1.29 is 29.6 Å². The third kappa shape index (κ3) is 2.75. The van der Waals surface area contributed by atoms with Gasteiger partial charge in [0, 0.05) is 0 Å². The molecule has 0 aromatic rings. The van der Waals surface area contributed by atoms with E-state index in [1.807, 2.05) is 0 Å². The van der Waals surface area contributed by atoms with Crippen LogP contribution in [0, 0.1) is 0 Å². The number of hydrogen-bond acceptors (Lipinski definition) is 0. The fourth-order valence-corrected chi connectivity index (χ4v) is 2.33. The minimum absolute atomic E-state index is 0. The van der Waals surface area contributed by atoms with E-state index in [1.54, 1.807) is 5.20 Å². The smallest absolute Gasteiger partial charge is 0.0809 e. The zero-order valence-corrected chi connectivity index (χ0v) is 10.4. The molecule has 0 saturated carbocycles. The first-order valence-electron chi connectivity index (χ1n) is 3.47. The first-order chi connectivity index (χ1) is 4.11. The van der Waals surface area contributed by atoms with Gasteiger partial charge in [-0.3, -0.25) is 0 Å². The van der Waals surface area contributed by atoms with E-state index in [2.05, 4.69) is 37.9 Å². The van der Waals surface area contributed by atoms with Gasteiger partial charge in [0.1, 0.15) is 0 Å². The summed E-state index contributed by atoms with van der Waals surface area (Å²) >= 11 is 0. The molecule has 0 radical (unpaired) electrons. The third-order valence-corrected chi connectivity index (χ3v) is 4.03. The summed E-state index contributed by atoms with van der Waals surface area (Å²) < 4.78 is 0. The van der Waals surface area contributed by atoms with Gasteiger partial charge in [-0.15, -0.1) is 0 Å². The Labute approximate surface area is 86.7 Å². The molecule has 0 aromatic heterocycles. The maximum Gasteiger partial charge on any atom is 1.00 e. The van der Waals surface area contributed by atoms with Crippen molar-refractivity contribution in [2.45, 2.75) is 26.1 Å². The Kier molecular flexibility index (Phi) is 4.18. The van der Waals surface area contributed by atoms with Gasteiger partial charge in [-0.05, 0) is 6.42 Å². The minimum atomic E-state index is -0.926. The van der Waals surface area contributed by atoms with E-state index in [1.165, 1.54) is 6.42 Å². The van der Waals surface area contributed by atoms with E-state index in [-0.39, 0.29) is 29.6 Å². The average Bonchev–Trinajstić information content (AvgIpc) is 2.08. The van der Waals surface area contributed by atoms with Crippen LogP contribution in [0.25, 0.3) is 0 Å². The molecule has 0 aromatic carbocycles. The molecule has 0 amide bonds. The standard InChI is InChI=1S/C8H14Si.Na/c1-9(2,3)8-6-4-5-7-8;/h4-6H,7H2,1-3H3;/q;+1. The summed E-state index contributed by atoms with van der Waals surface area (Å²) in [5.41, 5.74) is 0. The first-order valence-corrected chi connectivity index (χ1v) is 6.97. The van der Waals surface area contributed by atoms with Crippen LogP contribution in [0.5, 0.6) is 0 Å². The molecule has 0 heterocycles. The van der Waals surface area contributed by atoms with Crippen molar-refractivity contribution in [3.05, 3.63) is 23.4 Å². The van der Waals surface area contributed by atoms with Crippen LogP contribution in [0.2, 0.25) is 19.6 Å². The molecule has 1 rings (SSSR count). The van der Waals surface area contributed by atoms with Crippen LogP contribution < -0.4 is 29.6 Å². The number of hydrogen-bond donors (Lipinski definition) is 0. The molecule has 0 bridgehead atoms. The van der Waals surface area contributed by atoms with Crippen molar-refractivity contribution in [3.63, 3.8) is 0 Å². The van der Waals surface area contributed by atoms with Crippen molar-refractivity contribution in [1.29, 1.82) is 0 Å². The monoisotopic (exact) mass is 161 g/mol. The topological polar surface area (TPSA) is 0 Å². The van der Waals surface area contributed by atoms with E-state index in [0.29, 0.717) is 0 Å². The Bertz CT molecular complexity index is 163. The van der Waals surface area contributed by atoms with E-state index >= 15 is 0 Å². The Balaban J connectivity index is 0.000000810. The molecule has 0 N–H and O–H groups in total. The average molecular weight is 161 g/mol. The van der Waals surface area contributed by atoms with Crippen molar-refractivity contribution in [1.82, 2.24) is 0 Å². The summed E-state index contributed by atoms with van der Waals surface area (Å²) in [6.07, 6.45) is 7.92. The van der Waals surface area contributed by atoms with Gasteiger partial charge in [0.05, 0.1) is 8.07 Å². The molecule has 0 fully saturated rings. The van der Waals surface area contributed by atoms with E-state index in [9.17, 15) is 0 Å². The molecule has 10 heavy (non-hydrogen) atoms. The fourth-order valence-electron chi connectivity index (χ4n) is 1.00.